The van der Waals surface area contributed by atoms with Gasteiger partial charge in [-0.1, -0.05) is 6.07 Å². The zero-order chi connectivity index (χ0) is 14.9. The number of fused-ring (bicyclic) bond motifs is 1. The van der Waals surface area contributed by atoms with Crippen LogP contribution < -0.4 is 14.8 Å². The fourth-order valence-electron chi connectivity index (χ4n) is 2.45. The minimum Gasteiger partial charge on any atom is -0.490 e. The summed E-state index contributed by atoms with van der Waals surface area (Å²) in [4.78, 5) is 11.8. The van der Waals surface area contributed by atoms with Crippen molar-refractivity contribution in [3.8, 4) is 11.5 Å². The van der Waals surface area contributed by atoms with Crippen molar-refractivity contribution in [2.75, 3.05) is 19.8 Å². The van der Waals surface area contributed by atoms with Crippen LogP contribution in [0.15, 0.2) is 18.2 Å². The normalized spacial score (nSPS) is 20.4. The highest BCUT2D eigenvalue weighted by molar-refractivity contribution is 5.80. The van der Waals surface area contributed by atoms with E-state index in [9.17, 15) is 9.90 Å². The Hall–Kier alpha value is -1.75. The molecule has 0 amide bonds. The number of carboxylic acids is 1. The topological polar surface area (TPSA) is 67.8 Å². The van der Waals surface area contributed by atoms with Crippen molar-refractivity contribution in [3.63, 3.8) is 0 Å². The Kier molecular flexibility index (Phi) is 3.76. The first-order valence-electron chi connectivity index (χ1n) is 7.48. The molecule has 1 aliphatic carbocycles. The van der Waals surface area contributed by atoms with E-state index < -0.39 is 11.5 Å². The molecule has 1 aromatic carbocycles. The van der Waals surface area contributed by atoms with Crippen molar-refractivity contribution in [2.24, 2.45) is 5.92 Å². The standard InChI is InChI=1S/C16H21NO4/c1-16(15(18)19,17-10-11-3-4-11)12-5-6-13-14(9-12)21-8-2-7-20-13/h5-6,9,11,17H,2-4,7-8,10H2,1H3,(H,18,19). The van der Waals surface area contributed by atoms with Gasteiger partial charge in [0.1, 0.15) is 5.54 Å². The predicted octanol–water partition coefficient (Wildman–Crippen LogP) is 2.15. The van der Waals surface area contributed by atoms with Gasteiger partial charge < -0.3 is 14.6 Å². The van der Waals surface area contributed by atoms with Gasteiger partial charge in [-0.25, -0.2) is 4.79 Å². The van der Waals surface area contributed by atoms with Crippen LogP contribution in [0.1, 0.15) is 31.7 Å². The lowest BCUT2D eigenvalue weighted by atomic mass is 9.91. The first kappa shape index (κ1) is 14.2. The number of carboxylic acid groups (broad SMARTS) is 1. The maximum Gasteiger partial charge on any atom is 0.328 e. The summed E-state index contributed by atoms with van der Waals surface area (Å²) in [5.41, 5.74) is -0.410. The van der Waals surface area contributed by atoms with Gasteiger partial charge >= 0.3 is 5.97 Å². The average molecular weight is 291 g/mol. The van der Waals surface area contributed by atoms with Gasteiger partial charge in [0.15, 0.2) is 11.5 Å². The largest absolute Gasteiger partial charge is 0.490 e. The first-order chi connectivity index (χ1) is 10.1. The Morgan fingerprint density at radius 2 is 2.05 bits per heavy atom. The van der Waals surface area contributed by atoms with E-state index in [2.05, 4.69) is 5.32 Å². The van der Waals surface area contributed by atoms with Crippen LogP contribution in [0.25, 0.3) is 0 Å². The molecule has 2 aliphatic rings. The maximum atomic E-state index is 11.8. The second-order valence-corrected chi connectivity index (χ2v) is 5.97. The summed E-state index contributed by atoms with van der Waals surface area (Å²) in [5.74, 6) is 1.05. The lowest BCUT2D eigenvalue weighted by Gasteiger charge is -2.27. The molecule has 5 nitrogen and oxygen atoms in total. The molecule has 1 unspecified atom stereocenters. The Morgan fingerprint density at radius 1 is 1.33 bits per heavy atom. The highest BCUT2D eigenvalue weighted by Crippen LogP contribution is 2.35. The van der Waals surface area contributed by atoms with Gasteiger partial charge in [0.25, 0.3) is 0 Å². The van der Waals surface area contributed by atoms with Crippen LogP contribution in [0.2, 0.25) is 0 Å². The van der Waals surface area contributed by atoms with Crippen molar-refractivity contribution in [1.82, 2.24) is 5.32 Å². The Bertz CT molecular complexity index is 541. The van der Waals surface area contributed by atoms with Crippen LogP contribution in [0.5, 0.6) is 11.5 Å². The van der Waals surface area contributed by atoms with Crippen molar-refractivity contribution < 1.29 is 19.4 Å². The first-order valence-corrected chi connectivity index (χ1v) is 7.48. The van der Waals surface area contributed by atoms with Crippen LogP contribution in [0.4, 0.5) is 0 Å². The number of nitrogens with one attached hydrogen (secondary N) is 1. The van der Waals surface area contributed by atoms with Gasteiger partial charge in [0.2, 0.25) is 0 Å². The van der Waals surface area contributed by atoms with Crippen LogP contribution in [-0.2, 0) is 10.3 Å². The number of aliphatic carboxylic acids is 1. The molecule has 1 aliphatic heterocycles. The third-order valence-corrected chi connectivity index (χ3v) is 4.19. The number of hydrogen-bond donors (Lipinski definition) is 2. The summed E-state index contributed by atoms with van der Waals surface area (Å²) >= 11 is 0. The molecular formula is C16H21NO4. The number of benzene rings is 1. The Balaban J connectivity index is 1.87. The maximum absolute atomic E-state index is 11.8. The molecule has 21 heavy (non-hydrogen) atoms. The Morgan fingerprint density at radius 3 is 2.71 bits per heavy atom. The molecule has 114 valence electrons. The number of ether oxygens (including phenoxy) is 2. The summed E-state index contributed by atoms with van der Waals surface area (Å²) < 4.78 is 11.2. The van der Waals surface area contributed by atoms with Gasteiger partial charge in [-0.15, -0.1) is 0 Å². The fourth-order valence-corrected chi connectivity index (χ4v) is 2.45. The summed E-state index contributed by atoms with van der Waals surface area (Å²) in [6, 6.07) is 5.40. The predicted molar refractivity (Wildman–Crippen MR) is 77.8 cm³/mol. The van der Waals surface area contributed by atoms with Gasteiger partial charge in [-0.2, -0.15) is 0 Å². The molecule has 1 atom stereocenters. The minimum atomic E-state index is -1.10. The van der Waals surface area contributed by atoms with E-state index in [1.165, 1.54) is 12.8 Å². The second kappa shape index (κ2) is 5.56. The molecule has 2 N–H and O–H groups in total. The highest BCUT2D eigenvalue weighted by atomic mass is 16.5. The number of hydrogen-bond acceptors (Lipinski definition) is 4. The molecule has 1 saturated carbocycles. The van der Waals surface area contributed by atoms with E-state index in [0.717, 1.165) is 13.0 Å². The zero-order valence-corrected chi connectivity index (χ0v) is 12.2. The zero-order valence-electron chi connectivity index (χ0n) is 12.2. The van der Waals surface area contributed by atoms with Crippen molar-refractivity contribution in [3.05, 3.63) is 23.8 Å². The van der Waals surface area contributed by atoms with Crippen LogP contribution in [0.3, 0.4) is 0 Å². The smallest absolute Gasteiger partial charge is 0.328 e. The number of carbonyl (C=O) groups is 1. The molecule has 0 spiro atoms. The summed E-state index contributed by atoms with van der Waals surface area (Å²) in [5, 5.41) is 12.8. The second-order valence-electron chi connectivity index (χ2n) is 5.97. The lowest BCUT2D eigenvalue weighted by Crippen LogP contribution is -2.47. The fraction of sp³-hybridized carbons (Fsp3) is 0.562. The van der Waals surface area contributed by atoms with Gasteiger partial charge in [-0.3, -0.25) is 5.32 Å². The van der Waals surface area contributed by atoms with E-state index in [4.69, 9.17) is 9.47 Å². The van der Waals surface area contributed by atoms with Gasteiger partial charge in [0, 0.05) is 6.42 Å². The van der Waals surface area contributed by atoms with E-state index in [1.807, 2.05) is 6.07 Å². The third-order valence-electron chi connectivity index (χ3n) is 4.19. The molecule has 1 heterocycles. The van der Waals surface area contributed by atoms with Crippen molar-refractivity contribution in [1.29, 1.82) is 0 Å². The summed E-state index contributed by atoms with van der Waals surface area (Å²) in [6.45, 7) is 3.66. The van der Waals surface area contributed by atoms with Crippen LogP contribution in [-0.4, -0.2) is 30.8 Å². The quantitative estimate of drug-likeness (QED) is 0.870. The molecule has 1 aromatic rings. The number of rotatable bonds is 5. The molecule has 1 fully saturated rings. The van der Waals surface area contributed by atoms with E-state index in [0.29, 0.717) is 36.2 Å². The lowest BCUT2D eigenvalue weighted by molar-refractivity contribution is -0.144. The van der Waals surface area contributed by atoms with Crippen LogP contribution >= 0.6 is 0 Å². The monoisotopic (exact) mass is 291 g/mol. The van der Waals surface area contributed by atoms with Crippen molar-refractivity contribution >= 4 is 5.97 Å². The molecule has 0 bridgehead atoms. The summed E-state index contributed by atoms with van der Waals surface area (Å²) in [7, 11) is 0. The van der Waals surface area contributed by atoms with Gasteiger partial charge in [0.05, 0.1) is 13.2 Å². The molecule has 0 aromatic heterocycles. The molecule has 0 saturated heterocycles. The van der Waals surface area contributed by atoms with Crippen LogP contribution in [0, 0.1) is 5.92 Å². The van der Waals surface area contributed by atoms with E-state index >= 15 is 0 Å². The van der Waals surface area contributed by atoms with E-state index in [-0.39, 0.29) is 0 Å². The Labute approximate surface area is 124 Å². The molecule has 5 heteroatoms. The third kappa shape index (κ3) is 2.97. The highest BCUT2D eigenvalue weighted by Gasteiger charge is 2.37. The minimum absolute atomic E-state index is 0.593. The molecule has 3 rings (SSSR count). The van der Waals surface area contributed by atoms with E-state index in [1.54, 1.807) is 19.1 Å². The summed E-state index contributed by atoms with van der Waals surface area (Å²) in [6.07, 6.45) is 3.20. The SMILES string of the molecule is CC(NCC1CC1)(C(=O)O)c1ccc2c(c1)OCCCO2. The van der Waals surface area contributed by atoms with Gasteiger partial charge in [-0.05, 0) is 49.9 Å². The molecule has 0 radical (unpaired) electrons. The average Bonchev–Trinajstić information content (AvgIpc) is 3.30. The van der Waals surface area contributed by atoms with Crippen molar-refractivity contribution in [2.45, 2.75) is 31.7 Å². The molecular weight excluding hydrogens is 270 g/mol.